The lowest BCUT2D eigenvalue weighted by molar-refractivity contribution is 0.450. The zero-order valence-corrected chi connectivity index (χ0v) is 8.04. The summed E-state index contributed by atoms with van der Waals surface area (Å²) in [5.74, 6) is 0.953. The number of aromatic hydroxyl groups is 2. The van der Waals surface area contributed by atoms with Gasteiger partial charge in [-0.2, -0.15) is 12.6 Å². The number of hydrogen-bond donors (Lipinski definition) is 3. The van der Waals surface area contributed by atoms with Crippen LogP contribution in [0.25, 0.3) is 6.08 Å². The minimum atomic E-state index is 0.0730. The molecule has 1 aromatic carbocycles. The lowest BCUT2D eigenvalue weighted by Gasteiger charge is -1.98. The Bertz CT molecular complexity index is 308. The standard InChI is InChI=1S/C10H12O2S/c11-9-5-4-8(10(12)7-9)3-1-2-6-13/h1,3-5,7,11-13H,2,6H2. The van der Waals surface area contributed by atoms with Crippen LogP contribution in [0, 0.1) is 0 Å². The van der Waals surface area contributed by atoms with Gasteiger partial charge in [-0.15, -0.1) is 0 Å². The number of phenols is 2. The highest BCUT2D eigenvalue weighted by Gasteiger charge is 1.97. The second-order valence-corrected chi connectivity index (χ2v) is 3.10. The van der Waals surface area contributed by atoms with Gasteiger partial charge in [0.15, 0.2) is 0 Å². The molecule has 1 rings (SSSR count). The Balaban J connectivity index is 2.77. The van der Waals surface area contributed by atoms with Gasteiger partial charge in [0.05, 0.1) is 0 Å². The van der Waals surface area contributed by atoms with Crippen molar-refractivity contribution in [3.63, 3.8) is 0 Å². The van der Waals surface area contributed by atoms with Gasteiger partial charge in [0.1, 0.15) is 11.5 Å². The molecule has 0 heterocycles. The van der Waals surface area contributed by atoms with Crippen LogP contribution in [0.4, 0.5) is 0 Å². The van der Waals surface area contributed by atoms with Crippen molar-refractivity contribution < 1.29 is 10.2 Å². The van der Waals surface area contributed by atoms with Gasteiger partial charge >= 0.3 is 0 Å². The third-order valence-corrected chi connectivity index (χ3v) is 1.87. The number of thiol groups is 1. The van der Waals surface area contributed by atoms with Crippen molar-refractivity contribution in [2.24, 2.45) is 0 Å². The molecule has 0 amide bonds. The lowest BCUT2D eigenvalue weighted by atomic mass is 10.1. The summed E-state index contributed by atoms with van der Waals surface area (Å²) in [6, 6.07) is 4.53. The number of phenolic OH excluding ortho intramolecular Hbond substituents is 2. The molecule has 0 fully saturated rings. The molecule has 0 aliphatic heterocycles. The van der Waals surface area contributed by atoms with E-state index in [-0.39, 0.29) is 11.5 Å². The van der Waals surface area contributed by atoms with Gasteiger partial charge in [-0.3, -0.25) is 0 Å². The number of hydrogen-bond acceptors (Lipinski definition) is 3. The Morgan fingerprint density at radius 1 is 1.31 bits per heavy atom. The second kappa shape index (κ2) is 4.82. The molecule has 0 aromatic heterocycles. The van der Waals surface area contributed by atoms with Crippen LogP contribution in [0.1, 0.15) is 12.0 Å². The summed E-state index contributed by atoms with van der Waals surface area (Å²) in [4.78, 5) is 0. The molecule has 0 aliphatic rings. The van der Waals surface area contributed by atoms with Crippen LogP contribution in [-0.2, 0) is 0 Å². The van der Waals surface area contributed by atoms with Gasteiger partial charge < -0.3 is 10.2 Å². The van der Waals surface area contributed by atoms with E-state index in [9.17, 15) is 5.11 Å². The predicted molar refractivity (Wildman–Crippen MR) is 57.3 cm³/mol. The maximum atomic E-state index is 9.36. The molecule has 0 saturated carbocycles. The second-order valence-electron chi connectivity index (χ2n) is 2.66. The summed E-state index contributed by atoms with van der Waals surface area (Å²) in [6.45, 7) is 0. The monoisotopic (exact) mass is 196 g/mol. The summed E-state index contributed by atoms with van der Waals surface area (Å²) in [7, 11) is 0. The third-order valence-electron chi connectivity index (χ3n) is 1.61. The van der Waals surface area contributed by atoms with E-state index in [1.807, 2.05) is 12.2 Å². The predicted octanol–water partition coefficient (Wildman–Crippen LogP) is 2.43. The highest BCUT2D eigenvalue weighted by molar-refractivity contribution is 7.80. The van der Waals surface area contributed by atoms with Crippen molar-refractivity contribution >= 4 is 18.7 Å². The fraction of sp³-hybridized carbons (Fsp3) is 0.200. The normalized spacial score (nSPS) is 10.8. The number of benzene rings is 1. The van der Waals surface area contributed by atoms with Crippen LogP contribution in [0.5, 0.6) is 11.5 Å². The van der Waals surface area contributed by atoms with E-state index in [0.717, 1.165) is 12.2 Å². The maximum Gasteiger partial charge on any atom is 0.126 e. The van der Waals surface area contributed by atoms with Gasteiger partial charge in [-0.05, 0) is 24.3 Å². The van der Waals surface area contributed by atoms with E-state index in [0.29, 0.717) is 5.56 Å². The number of rotatable bonds is 3. The average molecular weight is 196 g/mol. The smallest absolute Gasteiger partial charge is 0.126 e. The fourth-order valence-corrected chi connectivity index (χ4v) is 1.11. The van der Waals surface area contributed by atoms with Crippen LogP contribution >= 0.6 is 12.6 Å². The molecule has 0 unspecified atom stereocenters. The Hall–Kier alpha value is -1.09. The van der Waals surface area contributed by atoms with Gasteiger partial charge in [0.2, 0.25) is 0 Å². The average Bonchev–Trinajstić information content (AvgIpc) is 2.09. The molecular formula is C10H12O2S. The molecule has 2 N–H and O–H groups in total. The highest BCUT2D eigenvalue weighted by Crippen LogP contribution is 2.23. The molecule has 0 bridgehead atoms. The van der Waals surface area contributed by atoms with Crippen LogP contribution in [0.2, 0.25) is 0 Å². The SMILES string of the molecule is Oc1ccc(C=CCCS)c(O)c1. The molecule has 0 saturated heterocycles. The van der Waals surface area contributed by atoms with Gasteiger partial charge in [0, 0.05) is 11.6 Å². The summed E-state index contributed by atoms with van der Waals surface area (Å²) < 4.78 is 0. The molecule has 2 nitrogen and oxygen atoms in total. The van der Waals surface area contributed by atoms with Crippen LogP contribution in [0.15, 0.2) is 24.3 Å². The Morgan fingerprint density at radius 2 is 2.08 bits per heavy atom. The molecule has 3 heteroatoms. The minimum Gasteiger partial charge on any atom is -0.508 e. The molecule has 0 spiro atoms. The fourth-order valence-electron chi connectivity index (χ4n) is 0.958. The highest BCUT2D eigenvalue weighted by atomic mass is 32.1. The van der Waals surface area contributed by atoms with Crippen molar-refractivity contribution in [1.29, 1.82) is 0 Å². The van der Waals surface area contributed by atoms with Crippen LogP contribution in [-0.4, -0.2) is 16.0 Å². The van der Waals surface area contributed by atoms with Crippen molar-refractivity contribution in [2.45, 2.75) is 6.42 Å². The molecular weight excluding hydrogens is 184 g/mol. The van der Waals surface area contributed by atoms with E-state index < -0.39 is 0 Å². The van der Waals surface area contributed by atoms with Gasteiger partial charge in [-0.25, -0.2) is 0 Å². The first kappa shape index (κ1) is 9.99. The zero-order valence-electron chi connectivity index (χ0n) is 7.14. The van der Waals surface area contributed by atoms with E-state index in [1.54, 1.807) is 12.1 Å². The first-order chi connectivity index (χ1) is 6.24. The number of allylic oxidation sites excluding steroid dienone is 1. The maximum absolute atomic E-state index is 9.36. The quantitative estimate of drug-likeness (QED) is 0.650. The van der Waals surface area contributed by atoms with E-state index in [4.69, 9.17) is 5.11 Å². The van der Waals surface area contributed by atoms with Gasteiger partial charge in [0.25, 0.3) is 0 Å². The van der Waals surface area contributed by atoms with E-state index in [2.05, 4.69) is 12.6 Å². The largest absolute Gasteiger partial charge is 0.508 e. The molecule has 0 aliphatic carbocycles. The zero-order chi connectivity index (χ0) is 9.68. The topological polar surface area (TPSA) is 40.5 Å². The summed E-state index contributed by atoms with van der Waals surface area (Å²) in [5, 5.41) is 18.4. The minimum absolute atomic E-state index is 0.0730. The first-order valence-corrected chi connectivity index (χ1v) is 4.66. The summed E-state index contributed by atoms with van der Waals surface area (Å²) in [6.07, 6.45) is 4.60. The van der Waals surface area contributed by atoms with E-state index >= 15 is 0 Å². The summed E-state index contributed by atoms with van der Waals surface area (Å²) in [5.41, 5.74) is 0.708. The molecule has 0 radical (unpaired) electrons. The third kappa shape index (κ3) is 3.03. The van der Waals surface area contributed by atoms with E-state index in [1.165, 1.54) is 6.07 Å². The van der Waals surface area contributed by atoms with Gasteiger partial charge in [-0.1, -0.05) is 12.2 Å². The first-order valence-electron chi connectivity index (χ1n) is 4.03. The molecule has 70 valence electrons. The van der Waals surface area contributed by atoms with Crippen molar-refractivity contribution in [2.75, 3.05) is 5.75 Å². The van der Waals surface area contributed by atoms with Crippen molar-refractivity contribution in [3.8, 4) is 11.5 Å². The summed E-state index contributed by atoms with van der Waals surface area (Å²) >= 11 is 4.06. The van der Waals surface area contributed by atoms with Crippen LogP contribution in [0.3, 0.4) is 0 Å². The molecule has 1 aromatic rings. The Labute approximate surface area is 82.9 Å². The lowest BCUT2D eigenvalue weighted by Crippen LogP contribution is -1.74. The van der Waals surface area contributed by atoms with Crippen LogP contribution < -0.4 is 0 Å². The molecule has 0 atom stereocenters. The Kier molecular flexibility index (Phi) is 3.71. The Morgan fingerprint density at radius 3 is 2.69 bits per heavy atom. The molecule has 13 heavy (non-hydrogen) atoms. The van der Waals surface area contributed by atoms with Crippen molar-refractivity contribution in [1.82, 2.24) is 0 Å². The van der Waals surface area contributed by atoms with Crippen molar-refractivity contribution in [3.05, 3.63) is 29.8 Å².